The number of carbonyl (C=O) groups excluding carboxylic acids is 1. The summed E-state index contributed by atoms with van der Waals surface area (Å²) < 4.78 is 0. The zero-order chi connectivity index (χ0) is 5.56. The lowest BCUT2D eigenvalue weighted by Gasteiger charge is -2.29. The second-order valence-electron chi connectivity index (χ2n) is 2.34. The van der Waals surface area contributed by atoms with Gasteiger partial charge in [-0.15, -0.1) is 0 Å². The molecule has 0 bridgehead atoms. The van der Waals surface area contributed by atoms with E-state index in [-0.39, 0.29) is 11.9 Å². The van der Waals surface area contributed by atoms with Crippen molar-refractivity contribution in [2.75, 3.05) is 6.54 Å². The van der Waals surface area contributed by atoms with E-state index in [0.717, 1.165) is 13.0 Å². The van der Waals surface area contributed by atoms with Gasteiger partial charge in [0.2, 0.25) is 5.91 Å². The molecule has 1 unspecified atom stereocenters. The molecule has 2 aliphatic rings. The van der Waals surface area contributed by atoms with E-state index in [1.54, 1.807) is 0 Å². The van der Waals surface area contributed by atoms with Crippen molar-refractivity contribution in [3.8, 4) is 0 Å². The summed E-state index contributed by atoms with van der Waals surface area (Å²) in [6, 6.07) is 0.623. The van der Waals surface area contributed by atoms with Crippen molar-refractivity contribution < 1.29 is 4.79 Å². The Bertz CT molecular complexity index is 134. The number of amides is 1. The summed E-state index contributed by atoms with van der Waals surface area (Å²) in [6.07, 6.45) is 1.11. The van der Waals surface area contributed by atoms with Crippen LogP contribution in [0.25, 0.3) is 0 Å². The summed E-state index contributed by atoms with van der Waals surface area (Å²) in [7, 11) is 0. The van der Waals surface area contributed by atoms with E-state index < -0.39 is 0 Å². The van der Waals surface area contributed by atoms with Crippen LogP contribution in [0.5, 0.6) is 0 Å². The highest BCUT2D eigenvalue weighted by atomic mass is 16.2. The topological polar surface area (TPSA) is 41.1 Å². The van der Waals surface area contributed by atoms with Gasteiger partial charge >= 0.3 is 0 Å². The van der Waals surface area contributed by atoms with Gasteiger partial charge in [-0.1, -0.05) is 0 Å². The van der Waals surface area contributed by atoms with Gasteiger partial charge in [-0.25, -0.2) is 0 Å². The van der Waals surface area contributed by atoms with Crippen LogP contribution in [0.4, 0.5) is 0 Å². The van der Waals surface area contributed by atoms with Gasteiger partial charge in [-0.05, 0) is 13.0 Å². The van der Waals surface area contributed by atoms with Crippen molar-refractivity contribution in [1.82, 2.24) is 10.6 Å². The predicted octanol–water partition coefficient (Wildman–Crippen LogP) is -1.15. The van der Waals surface area contributed by atoms with Gasteiger partial charge in [-0.3, -0.25) is 4.79 Å². The molecule has 44 valence electrons. The third-order valence-corrected chi connectivity index (χ3v) is 1.83. The first-order valence-electron chi connectivity index (χ1n) is 2.92. The molecule has 0 radical (unpaired) electrons. The number of β-lactam (4-membered cyclic amide) rings is 1. The number of hydrogen-bond acceptors (Lipinski definition) is 2. The van der Waals surface area contributed by atoms with Gasteiger partial charge in [0.15, 0.2) is 0 Å². The summed E-state index contributed by atoms with van der Waals surface area (Å²) in [4.78, 5) is 10.5. The van der Waals surface area contributed by atoms with Crippen LogP contribution < -0.4 is 10.6 Å². The molecule has 2 saturated heterocycles. The highest BCUT2D eigenvalue weighted by molar-refractivity contribution is 5.89. The van der Waals surface area contributed by atoms with Crippen molar-refractivity contribution in [3.63, 3.8) is 0 Å². The summed E-state index contributed by atoms with van der Waals surface area (Å²) in [5, 5.41) is 5.90. The lowest BCUT2D eigenvalue weighted by molar-refractivity contribution is -0.130. The third-order valence-electron chi connectivity index (χ3n) is 1.83. The number of carbonyl (C=O) groups is 1. The molecule has 3 nitrogen and oxygen atoms in total. The summed E-state index contributed by atoms with van der Waals surface area (Å²) >= 11 is 0. The highest BCUT2D eigenvalue weighted by Crippen LogP contribution is 2.14. The van der Waals surface area contributed by atoms with Crippen LogP contribution in [0.1, 0.15) is 6.42 Å². The maximum absolute atomic E-state index is 10.5. The maximum Gasteiger partial charge on any atom is 0.239 e. The third kappa shape index (κ3) is 0.351. The van der Waals surface area contributed by atoms with E-state index in [1.807, 2.05) is 0 Å². The molecule has 2 rings (SSSR count). The van der Waals surface area contributed by atoms with Crippen LogP contribution >= 0.6 is 0 Å². The minimum absolute atomic E-state index is 0.162. The van der Waals surface area contributed by atoms with E-state index in [4.69, 9.17) is 0 Å². The van der Waals surface area contributed by atoms with E-state index in [2.05, 4.69) is 10.6 Å². The van der Waals surface area contributed by atoms with Crippen molar-refractivity contribution in [2.24, 2.45) is 0 Å². The molecule has 0 aromatic carbocycles. The number of hydrogen-bond donors (Lipinski definition) is 2. The van der Waals surface area contributed by atoms with E-state index >= 15 is 0 Å². The van der Waals surface area contributed by atoms with Crippen molar-refractivity contribution in [2.45, 2.75) is 18.5 Å². The lowest BCUT2D eigenvalue weighted by atomic mass is 10.0. The fourth-order valence-corrected chi connectivity index (χ4v) is 1.31. The van der Waals surface area contributed by atoms with Gasteiger partial charge in [0.25, 0.3) is 0 Å². The zero-order valence-electron chi connectivity index (χ0n) is 4.48. The molecule has 0 aromatic rings. The first kappa shape index (κ1) is 4.32. The molecular weight excluding hydrogens is 104 g/mol. The average Bonchev–Trinajstić information content (AvgIpc) is 2.09. The Labute approximate surface area is 47.4 Å². The largest absolute Gasteiger partial charge is 0.350 e. The molecule has 0 aliphatic carbocycles. The minimum Gasteiger partial charge on any atom is -0.350 e. The molecule has 8 heavy (non-hydrogen) atoms. The van der Waals surface area contributed by atoms with Gasteiger partial charge < -0.3 is 10.6 Å². The number of fused-ring (bicyclic) bond motifs is 1. The Morgan fingerprint density at radius 2 is 2.50 bits per heavy atom. The van der Waals surface area contributed by atoms with E-state index in [9.17, 15) is 4.79 Å². The van der Waals surface area contributed by atoms with Crippen LogP contribution in [0.3, 0.4) is 0 Å². The Kier molecular flexibility index (Phi) is 0.663. The monoisotopic (exact) mass is 112 g/mol. The molecule has 1 amide bonds. The van der Waals surface area contributed by atoms with Gasteiger partial charge in [-0.2, -0.15) is 0 Å². The smallest absolute Gasteiger partial charge is 0.239 e. The Morgan fingerprint density at radius 1 is 1.62 bits per heavy atom. The second kappa shape index (κ2) is 1.23. The molecule has 2 N–H and O–H groups in total. The van der Waals surface area contributed by atoms with E-state index in [0.29, 0.717) is 6.04 Å². The summed E-state index contributed by atoms with van der Waals surface area (Å²) in [5.74, 6) is 0.174. The molecule has 2 fully saturated rings. The Balaban J connectivity index is 2.11. The second-order valence-corrected chi connectivity index (χ2v) is 2.34. The number of rotatable bonds is 0. The quantitative estimate of drug-likeness (QED) is 0.388. The molecule has 0 spiro atoms. The van der Waals surface area contributed by atoms with Crippen LogP contribution in [0, 0.1) is 0 Å². The molecule has 3 heteroatoms. The minimum atomic E-state index is 0.162. The van der Waals surface area contributed by atoms with Crippen LogP contribution in [-0.2, 0) is 4.79 Å². The Hall–Kier alpha value is -0.570. The zero-order valence-corrected chi connectivity index (χ0v) is 4.48. The Morgan fingerprint density at radius 3 is 3.00 bits per heavy atom. The standard InChI is InChI=1S/C5H8N2O/c8-5-4-3(7-5)1-2-6-4/h3-4,6H,1-2H2,(H,7,8)/t3-,4?/m1/s1. The molecular formula is C5H8N2O. The molecule has 2 aliphatic heterocycles. The van der Waals surface area contributed by atoms with Crippen LogP contribution in [0.2, 0.25) is 0 Å². The SMILES string of the molecule is O=C1N[C@@H]2CCNC12. The summed E-state index contributed by atoms with van der Waals surface area (Å²) in [6.45, 7) is 0.994. The number of nitrogens with one attached hydrogen (secondary N) is 2. The molecule has 2 heterocycles. The van der Waals surface area contributed by atoms with Gasteiger partial charge in [0, 0.05) is 0 Å². The molecule has 2 atom stereocenters. The van der Waals surface area contributed by atoms with Crippen LogP contribution in [-0.4, -0.2) is 24.5 Å². The van der Waals surface area contributed by atoms with Crippen molar-refractivity contribution in [1.29, 1.82) is 0 Å². The molecule has 0 aromatic heterocycles. The average molecular weight is 112 g/mol. The van der Waals surface area contributed by atoms with Crippen molar-refractivity contribution >= 4 is 5.91 Å². The molecule has 0 saturated carbocycles. The summed E-state index contributed by atoms with van der Waals surface area (Å²) in [5.41, 5.74) is 0. The normalized spacial score (nSPS) is 42.8. The van der Waals surface area contributed by atoms with Gasteiger partial charge in [0.05, 0.1) is 6.04 Å². The van der Waals surface area contributed by atoms with Gasteiger partial charge in [0.1, 0.15) is 6.04 Å². The fraction of sp³-hybridized carbons (Fsp3) is 0.800. The maximum atomic E-state index is 10.5. The van der Waals surface area contributed by atoms with Crippen molar-refractivity contribution in [3.05, 3.63) is 0 Å². The first-order valence-corrected chi connectivity index (χ1v) is 2.92. The van der Waals surface area contributed by atoms with Crippen LogP contribution in [0.15, 0.2) is 0 Å². The first-order chi connectivity index (χ1) is 3.88. The fourth-order valence-electron chi connectivity index (χ4n) is 1.31. The predicted molar refractivity (Wildman–Crippen MR) is 28.3 cm³/mol. The highest BCUT2D eigenvalue weighted by Gasteiger charge is 2.42. The lowest BCUT2D eigenvalue weighted by Crippen LogP contribution is -2.63. The van der Waals surface area contributed by atoms with E-state index in [1.165, 1.54) is 0 Å².